The molecule has 2 heterocycles. The summed E-state index contributed by atoms with van der Waals surface area (Å²) in [5, 5.41) is 6.55. The van der Waals surface area contributed by atoms with E-state index in [0.29, 0.717) is 5.52 Å². The second-order valence-corrected chi connectivity index (χ2v) is 12.0. The highest BCUT2D eigenvalue weighted by Gasteiger charge is 2.22. The molecule has 9 rings (SSSR count). The number of benzene rings is 7. The summed E-state index contributed by atoms with van der Waals surface area (Å²) >= 11 is 1.81. The van der Waals surface area contributed by atoms with Crippen molar-refractivity contribution in [3.8, 4) is 27.9 Å². The molecule has 7 aromatic carbocycles. The molecular weight excluding hydrogens is 541 g/mol. The van der Waals surface area contributed by atoms with Crippen molar-refractivity contribution in [1.82, 2.24) is 9.55 Å². The Morgan fingerprint density at radius 3 is 2.19 bits per heavy atom. The molecule has 9 aromatic rings. The Balaban J connectivity index is 1.51. The number of aryl methyl sites for hydroxylation is 1. The van der Waals surface area contributed by atoms with Gasteiger partial charge in [0.15, 0.2) is 0 Å². The van der Waals surface area contributed by atoms with Gasteiger partial charge in [-0.25, -0.2) is 4.98 Å². The smallest absolute Gasteiger partial charge is 0.111 e. The predicted octanol–water partition coefficient (Wildman–Crippen LogP) is 11.3. The first-order chi connectivity index (χ1) is 22.5. The lowest BCUT2D eigenvalue weighted by molar-refractivity contribution is 1.02. The highest BCUT2D eigenvalue weighted by Crippen LogP contribution is 2.47. The summed E-state index contributed by atoms with van der Waals surface area (Å²) in [5.74, 6) is 0.0611. The van der Waals surface area contributed by atoms with E-state index < -0.39 is 6.85 Å². The molecule has 0 atom stereocenters. The molecule has 2 aromatic heterocycles. The largest absolute Gasteiger partial charge is 0.295 e. The summed E-state index contributed by atoms with van der Waals surface area (Å²) in [4.78, 5) is 4.69. The molecule has 0 saturated carbocycles. The molecule has 0 aliphatic carbocycles. The SMILES string of the molecule is [2H]C([2H])([2H])c1nc2ccccc2n1-c1c2ccccc2c(-c2cccc3sc4ccccc4c23)c2cc(-c3ccccc3)ccc12. The molecule has 0 amide bonds. The van der Waals surface area contributed by atoms with Crippen molar-refractivity contribution in [2.45, 2.75) is 6.85 Å². The normalized spacial score (nSPS) is 13.2. The van der Waals surface area contributed by atoms with Gasteiger partial charge in [0.1, 0.15) is 5.82 Å². The van der Waals surface area contributed by atoms with E-state index in [2.05, 4.69) is 108 Å². The van der Waals surface area contributed by atoms with Gasteiger partial charge in [-0.2, -0.15) is 0 Å². The fourth-order valence-corrected chi connectivity index (χ4v) is 7.86. The quantitative estimate of drug-likeness (QED) is 0.194. The summed E-state index contributed by atoms with van der Waals surface area (Å²) in [6.45, 7) is -2.42. The van der Waals surface area contributed by atoms with Crippen LogP contribution in [0.1, 0.15) is 9.94 Å². The molecule has 0 aliphatic heterocycles. The van der Waals surface area contributed by atoms with E-state index in [9.17, 15) is 0 Å². The Morgan fingerprint density at radius 1 is 0.581 bits per heavy atom. The van der Waals surface area contributed by atoms with Gasteiger partial charge in [-0.15, -0.1) is 11.3 Å². The van der Waals surface area contributed by atoms with Gasteiger partial charge in [-0.05, 0) is 70.2 Å². The van der Waals surface area contributed by atoms with E-state index in [-0.39, 0.29) is 5.82 Å². The van der Waals surface area contributed by atoms with Crippen molar-refractivity contribution in [3.63, 3.8) is 0 Å². The highest BCUT2D eigenvalue weighted by molar-refractivity contribution is 7.25. The number of para-hydroxylation sites is 2. The Kier molecular flexibility index (Phi) is 4.68. The second kappa shape index (κ2) is 9.38. The van der Waals surface area contributed by atoms with Gasteiger partial charge < -0.3 is 0 Å². The average Bonchev–Trinajstić information content (AvgIpc) is 3.67. The molecule has 0 spiro atoms. The molecule has 0 unspecified atom stereocenters. The molecule has 0 fully saturated rings. The molecule has 0 bridgehead atoms. The first-order valence-electron chi connectivity index (χ1n) is 15.9. The topological polar surface area (TPSA) is 17.8 Å². The number of thiophene rings is 1. The number of aromatic nitrogens is 2. The molecule has 0 radical (unpaired) electrons. The lowest BCUT2D eigenvalue weighted by Gasteiger charge is -2.20. The van der Waals surface area contributed by atoms with Crippen LogP contribution in [-0.4, -0.2) is 9.55 Å². The van der Waals surface area contributed by atoms with Crippen LogP contribution in [0.5, 0.6) is 0 Å². The maximum atomic E-state index is 8.54. The lowest BCUT2D eigenvalue weighted by Crippen LogP contribution is -2.01. The maximum absolute atomic E-state index is 8.54. The van der Waals surface area contributed by atoms with Crippen molar-refractivity contribution in [2.75, 3.05) is 0 Å². The van der Waals surface area contributed by atoms with Crippen LogP contribution in [0.3, 0.4) is 0 Å². The molecule has 202 valence electrons. The average molecular weight is 570 g/mol. The third-order valence-electron chi connectivity index (χ3n) is 8.56. The lowest BCUT2D eigenvalue weighted by atomic mass is 9.87. The third-order valence-corrected chi connectivity index (χ3v) is 9.69. The molecular formula is C40H26N2S. The van der Waals surface area contributed by atoms with E-state index >= 15 is 0 Å². The number of fused-ring (bicyclic) bond motifs is 6. The number of rotatable bonds is 3. The van der Waals surface area contributed by atoms with Crippen molar-refractivity contribution in [1.29, 1.82) is 0 Å². The van der Waals surface area contributed by atoms with Gasteiger partial charge in [0.2, 0.25) is 0 Å². The Hall–Kier alpha value is -5.25. The zero-order valence-corrected chi connectivity index (χ0v) is 23.9. The van der Waals surface area contributed by atoms with Gasteiger partial charge in [0.05, 0.1) is 16.7 Å². The number of imidazole rings is 1. The molecule has 0 aliphatic rings. The summed E-state index contributed by atoms with van der Waals surface area (Å²) in [7, 11) is 0. The Morgan fingerprint density at radius 2 is 1.30 bits per heavy atom. The monoisotopic (exact) mass is 569 g/mol. The van der Waals surface area contributed by atoms with Gasteiger partial charge in [0, 0.05) is 35.1 Å². The van der Waals surface area contributed by atoms with Crippen molar-refractivity contribution >= 4 is 64.1 Å². The fraction of sp³-hybridized carbons (Fsp3) is 0.0250. The van der Waals surface area contributed by atoms with Crippen LogP contribution < -0.4 is 0 Å². The van der Waals surface area contributed by atoms with Crippen molar-refractivity contribution in [2.24, 2.45) is 0 Å². The fourth-order valence-electron chi connectivity index (χ4n) is 6.73. The van der Waals surface area contributed by atoms with E-state index in [1.54, 1.807) is 0 Å². The number of hydrogen-bond acceptors (Lipinski definition) is 2. The summed E-state index contributed by atoms with van der Waals surface area (Å²) in [6.07, 6.45) is 0. The zero-order valence-electron chi connectivity index (χ0n) is 26.1. The number of nitrogens with zero attached hydrogens (tertiary/aromatic N) is 2. The minimum absolute atomic E-state index is 0.0611. The molecule has 2 nitrogen and oxygen atoms in total. The van der Waals surface area contributed by atoms with Gasteiger partial charge in [0.25, 0.3) is 0 Å². The minimum atomic E-state index is -2.42. The Labute approximate surface area is 257 Å². The number of hydrogen-bond donors (Lipinski definition) is 0. The van der Waals surface area contributed by atoms with Crippen LogP contribution in [-0.2, 0) is 0 Å². The van der Waals surface area contributed by atoms with E-state index in [1.165, 1.54) is 25.7 Å². The van der Waals surface area contributed by atoms with Crippen LogP contribution in [0.4, 0.5) is 0 Å². The van der Waals surface area contributed by atoms with Crippen LogP contribution in [0.15, 0.2) is 140 Å². The van der Waals surface area contributed by atoms with Crippen LogP contribution >= 0.6 is 11.3 Å². The van der Waals surface area contributed by atoms with Gasteiger partial charge in [-0.3, -0.25) is 4.57 Å². The first kappa shape index (κ1) is 21.5. The minimum Gasteiger partial charge on any atom is -0.295 e. The standard InChI is InChI=1S/C40H26N2S/c1-25-41-34-18-8-9-19-35(34)42(25)40-29-15-6-5-14-28(29)38(33-24-27(22-23-30(33)40)26-12-3-2-4-13-26)32-17-11-21-37-39(32)31-16-7-10-20-36(31)43-37/h2-24H,1H3/i1D3. The predicted molar refractivity (Wildman–Crippen MR) is 185 cm³/mol. The second-order valence-electron chi connectivity index (χ2n) is 10.9. The van der Waals surface area contributed by atoms with Crippen LogP contribution in [0.2, 0.25) is 0 Å². The maximum Gasteiger partial charge on any atom is 0.111 e. The highest BCUT2D eigenvalue weighted by atomic mass is 32.1. The van der Waals surface area contributed by atoms with E-state index in [0.717, 1.165) is 49.4 Å². The van der Waals surface area contributed by atoms with Gasteiger partial charge in [-0.1, -0.05) is 109 Å². The third kappa shape index (κ3) is 3.62. The van der Waals surface area contributed by atoms with Crippen LogP contribution in [0, 0.1) is 6.85 Å². The summed E-state index contributed by atoms with van der Waals surface area (Å²) in [6, 6.07) is 48.3. The van der Waals surface area contributed by atoms with Crippen molar-refractivity contribution < 1.29 is 4.11 Å². The summed E-state index contributed by atoms with van der Waals surface area (Å²) < 4.78 is 30.0. The van der Waals surface area contributed by atoms with E-state index in [4.69, 9.17) is 4.11 Å². The zero-order chi connectivity index (χ0) is 31.0. The van der Waals surface area contributed by atoms with E-state index in [1.807, 2.05) is 52.3 Å². The summed E-state index contributed by atoms with van der Waals surface area (Å²) in [5.41, 5.74) is 6.79. The first-order valence-corrected chi connectivity index (χ1v) is 15.2. The van der Waals surface area contributed by atoms with Crippen LogP contribution in [0.25, 0.3) is 80.7 Å². The molecule has 0 N–H and O–H groups in total. The molecule has 0 saturated heterocycles. The van der Waals surface area contributed by atoms with Crippen molar-refractivity contribution in [3.05, 3.63) is 145 Å². The molecule has 3 heteroatoms. The van der Waals surface area contributed by atoms with Gasteiger partial charge >= 0.3 is 0 Å². The Bertz CT molecular complexity index is 2630. The molecule has 43 heavy (non-hydrogen) atoms.